The SMILES string of the molecule is O=C(Cc1ccc2c(c1)OCCO2)Nc1cnc2ccccc2c1. The fourth-order valence-electron chi connectivity index (χ4n) is 2.73. The number of fused-ring (bicyclic) bond motifs is 2. The van der Waals surface area contributed by atoms with Crippen LogP contribution in [0.2, 0.25) is 0 Å². The highest BCUT2D eigenvalue weighted by Crippen LogP contribution is 2.30. The van der Waals surface area contributed by atoms with Gasteiger partial charge in [0, 0.05) is 5.39 Å². The quantitative estimate of drug-likeness (QED) is 0.805. The Bertz CT molecular complexity index is 908. The first-order valence-electron chi connectivity index (χ1n) is 7.81. The van der Waals surface area contributed by atoms with Crippen molar-refractivity contribution in [1.82, 2.24) is 4.98 Å². The predicted octanol–water partition coefficient (Wildman–Crippen LogP) is 3.19. The van der Waals surface area contributed by atoms with E-state index in [1.54, 1.807) is 6.20 Å². The molecule has 0 bridgehead atoms. The maximum atomic E-state index is 12.3. The Morgan fingerprint density at radius 1 is 1.04 bits per heavy atom. The topological polar surface area (TPSA) is 60.5 Å². The van der Waals surface area contributed by atoms with Gasteiger partial charge in [-0.25, -0.2) is 0 Å². The average Bonchev–Trinajstić information content (AvgIpc) is 2.61. The number of carbonyl (C=O) groups is 1. The first-order valence-corrected chi connectivity index (χ1v) is 7.81. The van der Waals surface area contributed by atoms with Gasteiger partial charge in [0.2, 0.25) is 5.91 Å². The maximum absolute atomic E-state index is 12.3. The second-order valence-corrected chi connectivity index (χ2v) is 5.62. The van der Waals surface area contributed by atoms with Gasteiger partial charge in [0.25, 0.3) is 0 Å². The molecule has 0 unspecified atom stereocenters. The van der Waals surface area contributed by atoms with Gasteiger partial charge < -0.3 is 14.8 Å². The number of carbonyl (C=O) groups excluding carboxylic acids is 1. The van der Waals surface area contributed by atoms with E-state index in [1.807, 2.05) is 48.5 Å². The van der Waals surface area contributed by atoms with Crippen molar-refractivity contribution in [3.8, 4) is 11.5 Å². The molecule has 3 aromatic rings. The maximum Gasteiger partial charge on any atom is 0.228 e. The molecule has 2 heterocycles. The van der Waals surface area contributed by atoms with Crippen LogP contribution in [0.3, 0.4) is 0 Å². The zero-order valence-corrected chi connectivity index (χ0v) is 13.0. The standard InChI is InChI=1S/C19H16N2O3/c22-19(10-13-5-6-17-18(9-13)24-8-7-23-17)21-15-11-14-3-1-2-4-16(14)20-12-15/h1-6,9,11-12H,7-8,10H2,(H,21,22). The van der Waals surface area contributed by atoms with E-state index >= 15 is 0 Å². The summed E-state index contributed by atoms with van der Waals surface area (Å²) in [6.45, 7) is 1.09. The van der Waals surface area contributed by atoms with E-state index in [4.69, 9.17) is 9.47 Å². The molecule has 1 aliphatic rings. The first kappa shape index (κ1) is 14.5. The molecule has 0 fully saturated rings. The van der Waals surface area contributed by atoms with E-state index in [1.165, 1.54) is 0 Å². The van der Waals surface area contributed by atoms with Crippen LogP contribution in [0.5, 0.6) is 11.5 Å². The second-order valence-electron chi connectivity index (χ2n) is 5.62. The second kappa shape index (κ2) is 6.20. The highest BCUT2D eigenvalue weighted by Gasteiger charge is 2.13. The summed E-state index contributed by atoms with van der Waals surface area (Å²) < 4.78 is 11.0. The van der Waals surface area contributed by atoms with E-state index in [0.717, 1.165) is 22.2 Å². The smallest absolute Gasteiger partial charge is 0.228 e. The Morgan fingerprint density at radius 3 is 2.79 bits per heavy atom. The number of amides is 1. The Morgan fingerprint density at radius 2 is 1.88 bits per heavy atom. The molecule has 0 saturated carbocycles. The molecule has 0 saturated heterocycles. The molecule has 1 amide bonds. The van der Waals surface area contributed by atoms with E-state index < -0.39 is 0 Å². The molecule has 24 heavy (non-hydrogen) atoms. The Balaban J connectivity index is 1.47. The molecule has 0 aliphatic carbocycles. The molecular formula is C19H16N2O3. The number of benzene rings is 2. The molecule has 0 spiro atoms. The number of ether oxygens (including phenoxy) is 2. The predicted molar refractivity (Wildman–Crippen MR) is 91.5 cm³/mol. The molecule has 2 aromatic carbocycles. The molecule has 0 atom stereocenters. The van der Waals surface area contributed by atoms with Gasteiger partial charge in [-0.05, 0) is 29.8 Å². The lowest BCUT2D eigenvalue weighted by molar-refractivity contribution is -0.115. The van der Waals surface area contributed by atoms with Crippen molar-refractivity contribution in [2.75, 3.05) is 18.5 Å². The van der Waals surface area contributed by atoms with Gasteiger partial charge in [0.05, 0.1) is 23.8 Å². The van der Waals surface area contributed by atoms with Crippen molar-refractivity contribution in [2.45, 2.75) is 6.42 Å². The van der Waals surface area contributed by atoms with Crippen molar-refractivity contribution in [3.05, 3.63) is 60.3 Å². The Hall–Kier alpha value is -3.08. The van der Waals surface area contributed by atoms with Crippen LogP contribution in [0.1, 0.15) is 5.56 Å². The highest BCUT2D eigenvalue weighted by molar-refractivity contribution is 5.94. The summed E-state index contributed by atoms with van der Waals surface area (Å²) in [6, 6.07) is 15.3. The molecule has 4 rings (SSSR count). The number of aromatic nitrogens is 1. The van der Waals surface area contributed by atoms with Gasteiger partial charge in [0.15, 0.2) is 11.5 Å². The average molecular weight is 320 g/mol. The van der Waals surface area contributed by atoms with Gasteiger partial charge >= 0.3 is 0 Å². The summed E-state index contributed by atoms with van der Waals surface area (Å²) >= 11 is 0. The van der Waals surface area contributed by atoms with Gasteiger partial charge in [-0.3, -0.25) is 9.78 Å². The van der Waals surface area contributed by atoms with Crippen LogP contribution >= 0.6 is 0 Å². The fraction of sp³-hybridized carbons (Fsp3) is 0.158. The van der Waals surface area contributed by atoms with Crippen LogP contribution in [-0.4, -0.2) is 24.1 Å². The minimum Gasteiger partial charge on any atom is -0.486 e. The van der Waals surface area contributed by atoms with E-state index in [-0.39, 0.29) is 12.3 Å². The fourth-order valence-corrected chi connectivity index (χ4v) is 2.73. The molecule has 5 heteroatoms. The third-order valence-electron chi connectivity index (χ3n) is 3.85. The zero-order valence-electron chi connectivity index (χ0n) is 13.0. The highest BCUT2D eigenvalue weighted by atomic mass is 16.6. The minimum atomic E-state index is -0.0937. The lowest BCUT2D eigenvalue weighted by Gasteiger charge is -2.18. The summed E-state index contributed by atoms with van der Waals surface area (Å²) in [5.74, 6) is 1.33. The molecule has 1 aliphatic heterocycles. The van der Waals surface area contributed by atoms with Crippen LogP contribution in [0.15, 0.2) is 54.7 Å². The van der Waals surface area contributed by atoms with Gasteiger partial charge in [-0.1, -0.05) is 24.3 Å². The summed E-state index contributed by atoms with van der Waals surface area (Å²) in [5, 5.41) is 3.88. The summed E-state index contributed by atoms with van der Waals surface area (Å²) in [4.78, 5) is 16.6. The van der Waals surface area contributed by atoms with Gasteiger partial charge in [-0.15, -0.1) is 0 Å². The van der Waals surface area contributed by atoms with Crippen molar-refractivity contribution in [2.24, 2.45) is 0 Å². The lowest BCUT2D eigenvalue weighted by atomic mass is 10.1. The molecular weight excluding hydrogens is 304 g/mol. The van der Waals surface area contributed by atoms with Crippen molar-refractivity contribution < 1.29 is 14.3 Å². The third kappa shape index (κ3) is 3.01. The normalized spacial score (nSPS) is 12.8. The molecule has 1 N–H and O–H groups in total. The van der Waals surface area contributed by atoms with Crippen LogP contribution in [-0.2, 0) is 11.2 Å². The number of anilines is 1. The van der Waals surface area contributed by atoms with Crippen LogP contribution in [0.25, 0.3) is 10.9 Å². The van der Waals surface area contributed by atoms with E-state index in [0.29, 0.717) is 24.7 Å². The Kier molecular flexibility index (Phi) is 3.75. The largest absolute Gasteiger partial charge is 0.486 e. The number of rotatable bonds is 3. The van der Waals surface area contributed by atoms with Crippen molar-refractivity contribution in [3.63, 3.8) is 0 Å². The number of para-hydroxylation sites is 1. The first-order chi connectivity index (χ1) is 11.8. The number of nitrogens with zero attached hydrogens (tertiary/aromatic N) is 1. The van der Waals surface area contributed by atoms with E-state index in [9.17, 15) is 4.79 Å². The van der Waals surface area contributed by atoms with Crippen molar-refractivity contribution in [1.29, 1.82) is 0 Å². The lowest BCUT2D eigenvalue weighted by Crippen LogP contribution is -2.17. The van der Waals surface area contributed by atoms with Crippen LogP contribution in [0, 0.1) is 0 Å². The number of hydrogen-bond donors (Lipinski definition) is 1. The Labute approximate surface area is 139 Å². The third-order valence-corrected chi connectivity index (χ3v) is 3.85. The number of nitrogens with one attached hydrogen (secondary N) is 1. The molecule has 120 valence electrons. The minimum absolute atomic E-state index is 0.0937. The van der Waals surface area contributed by atoms with Gasteiger partial charge in [0.1, 0.15) is 13.2 Å². The molecule has 0 radical (unpaired) electrons. The van der Waals surface area contributed by atoms with Gasteiger partial charge in [-0.2, -0.15) is 0 Å². The summed E-state index contributed by atoms with van der Waals surface area (Å²) in [6.07, 6.45) is 1.94. The molecule has 5 nitrogen and oxygen atoms in total. The van der Waals surface area contributed by atoms with Crippen LogP contribution < -0.4 is 14.8 Å². The monoisotopic (exact) mass is 320 g/mol. The zero-order chi connectivity index (χ0) is 16.4. The summed E-state index contributed by atoms with van der Waals surface area (Å²) in [7, 11) is 0. The number of hydrogen-bond acceptors (Lipinski definition) is 4. The molecule has 1 aromatic heterocycles. The van der Waals surface area contributed by atoms with Crippen LogP contribution in [0.4, 0.5) is 5.69 Å². The number of pyridine rings is 1. The summed E-state index contributed by atoms with van der Waals surface area (Å²) in [5.41, 5.74) is 2.48. The van der Waals surface area contributed by atoms with Crippen molar-refractivity contribution >= 4 is 22.5 Å². The van der Waals surface area contributed by atoms with E-state index in [2.05, 4.69) is 10.3 Å².